The molecule has 176 valence electrons. The van der Waals surface area contributed by atoms with E-state index in [1.165, 1.54) is 34.4 Å². The van der Waals surface area contributed by atoms with Crippen molar-refractivity contribution in [2.45, 2.75) is 16.9 Å². The van der Waals surface area contributed by atoms with E-state index in [2.05, 4.69) is 32.4 Å². The number of thiazole rings is 2. The van der Waals surface area contributed by atoms with Gasteiger partial charge in [0.05, 0.1) is 29.5 Å². The lowest BCUT2D eigenvalue weighted by Gasteiger charge is -2.15. The molecule has 3 aromatic heterocycles. The Labute approximate surface area is 218 Å². The summed E-state index contributed by atoms with van der Waals surface area (Å²) >= 11 is 10.1. The van der Waals surface area contributed by atoms with Gasteiger partial charge >= 0.3 is 0 Å². The fourth-order valence-electron chi connectivity index (χ4n) is 3.09. The van der Waals surface area contributed by atoms with Crippen molar-refractivity contribution in [1.29, 1.82) is 10.5 Å². The summed E-state index contributed by atoms with van der Waals surface area (Å²) in [7, 11) is 0. The summed E-state index contributed by atoms with van der Waals surface area (Å²) in [5, 5.41) is 47.8. The molecule has 0 radical (unpaired) electrons. The number of aliphatic hydroxyl groups excluding tert-OH is 2. The van der Waals surface area contributed by atoms with Crippen LogP contribution in [0, 0.1) is 22.7 Å². The molecule has 3 heterocycles. The minimum Gasteiger partial charge on any atom is -0.394 e. The second-order valence-corrected chi connectivity index (χ2v) is 10.3. The van der Waals surface area contributed by atoms with Crippen molar-refractivity contribution in [2.75, 3.05) is 18.5 Å². The number of nitriles is 2. The molecule has 4 rings (SSSR count). The number of anilines is 1. The average Bonchev–Trinajstić information content (AvgIpc) is 3.58. The average molecular weight is 541 g/mol. The van der Waals surface area contributed by atoms with E-state index in [-0.39, 0.29) is 23.5 Å². The standard InChI is InChI=1S/C23H17ClN6O2S3/c24-14-3-1-13(2-4-14)21-29-15(11-34-21)12-35-22-18(8-26)19(23-27-5-6-33-23)17(7-25)20(30-22)28-9-16(32)10-31/h1-6,11,16,31-32H,9-10,12H2,(H,28,30)/t16-/m0/s1. The fourth-order valence-corrected chi connectivity index (χ4v) is 5.72. The quantitative estimate of drug-likeness (QED) is 0.256. The molecule has 0 aliphatic heterocycles. The van der Waals surface area contributed by atoms with Crippen LogP contribution in [-0.4, -0.2) is 44.4 Å². The van der Waals surface area contributed by atoms with Crippen molar-refractivity contribution in [3.63, 3.8) is 0 Å². The van der Waals surface area contributed by atoms with Gasteiger partial charge in [-0.25, -0.2) is 15.0 Å². The summed E-state index contributed by atoms with van der Waals surface area (Å²) < 4.78 is 0. The maximum Gasteiger partial charge on any atom is 0.146 e. The molecule has 0 bridgehead atoms. The molecule has 0 aliphatic rings. The van der Waals surface area contributed by atoms with E-state index < -0.39 is 12.7 Å². The van der Waals surface area contributed by atoms with E-state index in [4.69, 9.17) is 16.7 Å². The summed E-state index contributed by atoms with van der Waals surface area (Å²) in [5.74, 6) is 0.667. The second-order valence-electron chi connectivity index (χ2n) is 7.11. The van der Waals surface area contributed by atoms with Gasteiger partial charge in [-0.1, -0.05) is 35.5 Å². The number of aliphatic hydroxyl groups is 2. The zero-order valence-corrected chi connectivity index (χ0v) is 21.2. The minimum absolute atomic E-state index is 0.0119. The van der Waals surface area contributed by atoms with Crippen molar-refractivity contribution >= 4 is 51.9 Å². The van der Waals surface area contributed by atoms with E-state index in [1.54, 1.807) is 11.6 Å². The Hall–Kier alpha value is -3.03. The number of rotatable bonds is 9. The zero-order chi connectivity index (χ0) is 24.8. The van der Waals surface area contributed by atoms with Gasteiger partial charge < -0.3 is 15.5 Å². The molecule has 0 aliphatic carbocycles. The number of hydrogen-bond acceptors (Lipinski definition) is 11. The van der Waals surface area contributed by atoms with Gasteiger partial charge in [-0.05, 0) is 12.1 Å². The van der Waals surface area contributed by atoms with Crippen molar-refractivity contribution < 1.29 is 10.2 Å². The van der Waals surface area contributed by atoms with Gasteiger partial charge in [0.25, 0.3) is 0 Å². The maximum atomic E-state index is 9.98. The Kier molecular flexibility index (Phi) is 8.31. The third-order valence-corrected chi connectivity index (χ3v) is 7.74. The van der Waals surface area contributed by atoms with Crippen LogP contribution in [0.1, 0.15) is 16.8 Å². The van der Waals surface area contributed by atoms with Crippen molar-refractivity contribution in [3.05, 3.63) is 63.1 Å². The molecule has 8 nitrogen and oxygen atoms in total. The van der Waals surface area contributed by atoms with Crippen LogP contribution in [0.25, 0.3) is 21.1 Å². The lowest BCUT2D eigenvalue weighted by Crippen LogP contribution is -2.24. The Balaban J connectivity index is 1.67. The van der Waals surface area contributed by atoms with Gasteiger partial charge in [-0.2, -0.15) is 10.5 Å². The molecule has 0 unspecified atom stereocenters. The number of nitrogens with one attached hydrogen (secondary N) is 1. The predicted octanol–water partition coefficient (Wildman–Crippen LogP) is 4.78. The van der Waals surface area contributed by atoms with E-state index in [9.17, 15) is 15.6 Å². The highest BCUT2D eigenvalue weighted by Gasteiger charge is 2.24. The van der Waals surface area contributed by atoms with E-state index in [0.29, 0.717) is 26.4 Å². The van der Waals surface area contributed by atoms with Gasteiger partial charge in [0.2, 0.25) is 0 Å². The largest absolute Gasteiger partial charge is 0.394 e. The molecule has 0 fully saturated rings. The molecular weight excluding hydrogens is 524 g/mol. The maximum absolute atomic E-state index is 9.98. The summed E-state index contributed by atoms with van der Waals surface area (Å²) in [6, 6.07) is 11.7. The van der Waals surface area contributed by atoms with E-state index in [1.807, 2.05) is 29.6 Å². The van der Waals surface area contributed by atoms with Crippen LogP contribution < -0.4 is 5.32 Å². The number of nitrogens with zero attached hydrogens (tertiary/aromatic N) is 5. The van der Waals surface area contributed by atoms with Crippen molar-refractivity contribution in [1.82, 2.24) is 15.0 Å². The van der Waals surface area contributed by atoms with Crippen molar-refractivity contribution in [2.24, 2.45) is 0 Å². The molecule has 35 heavy (non-hydrogen) atoms. The van der Waals surface area contributed by atoms with E-state index in [0.717, 1.165) is 16.3 Å². The van der Waals surface area contributed by atoms with Crippen LogP contribution in [0.15, 0.2) is 46.2 Å². The van der Waals surface area contributed by atoms with Gasteiger partial charge in [0.15, 0.2) is 0 Å². The van der Waals surface area contributed by atoms with Gasteiger partial charge in [0.1, 0.15) is 38.6 Å². The molecule has 4 aromatic rings. The van der Waals surface area contributed by atoms with Crippen LogP contribution in [0.2, 0.25) is 5.02 Å². The summed E-state index contributed by atoms with van der Waals surface area (Å²) in [4.78, 5) is 13.5. The first kappa shape index (κ1) is 25.1. The first-order valence-corrected chi connectivity index (χ1v) is 13.3. The number of pyridine rings is 1. The number of thioether (sulfide) groups is 1. The van der Waals surface area contributed by atoms with Crippen LogP contribution in [0.5, 0.6) is 0 Å². The lowest BCUT2D eigenvalue weighted by atomic mass is 10.1. The molecule has 12 heteroatoms. The topological polar surface area (TPSA) is 139 Å². The van der Waals surface area contributed by atoms with Gasteiger partial charge in [-0.3, -0.25) is 0 Å². The highest BCUT2D eigenvalue weighted by molar-refractivity contribution is 7.98. The Morgan fingerprint density at radius 2 is 1.86 bits per heavy atom. The highest BCUT2D eigenvalue weighted by Crippen LogP contribution is 2.38. The molecular formula is C23H17ClN6O2S3. The van der Waals surface area contributed by atoms with Gasteiger partial charge in [0, 0.05) is 39.8 Å². The minimum atomic E-state index is -1.03. The number of halogens is 1. The Bertz CT molecular complexity index is 1390. The summed E-state index contributed by atoms with van der Waals surface area (Å²) in [6.07, 6.45) is 0.575. The summed E-state index contributed by atoms with van der Waals surface area (Å²) in [6.45, 7) is -0.450. The molecule has 0 amide bonds. The predicted molar refractivity (Wildman–Crippen MR) is 138 cm³/mol. The first-order chi connectivity index (χ1) is 17.0. The first-order valence-electron chi connectivity index (χ1n) is 10.2. The van der Waals surface area contributed by atoms with Crippen molar-refractivity contribution in [3.8, 4) is 33.3 Å². The van der Waals surface area contributed by atoms with Crippen LogP contribution in [0.4, 0.5) is 5.82 Å². The zero-order valence-electron chi connectivity index (χ0n) is 18.0. The Morgan fingerprint density at radius 3 is 2.51 bits per heavy atom. The summed E-state index contributed by atoms with van der Waals surface area (Å²) in [5.41, 5.74) is 2.59. The van der Waals surface area contributed by atoms with Crippen LogP contribution in [-0.2, 0) is 5.75 Å². The molecule has 0 saturated heterocycles. The molecule has 1 aromatic carbocycles. The third kappa shape index (κ3) is 5.80. The molecule has 0 saturated carbocycles. The molecule has 0 spiro atoms. The normalized spacial score (nSPS) is 11.6. The molecule has 1 atom stereocenters. The Morgan fingerprint density at radius 1 is 1.09 bits per heavy atom. The third-order valence-electron chi connectivity index (χ3n) is 4.75. The molecule has 3 N–H and O–H groups in total. The smallest absolute Gasteiger partial charge is 0.146 e. The van der Waals surface area contributed by atoms with E-state index >= 15 is 0 Å². The lowest BCUT2D eigenvalue weighted by molar-refractivity contribution is 0.105. The number of hydrogen-bond donors (Lipinski definition) is 3. The number of aromatic nitrogens is 3. The fraction of sp³-hybridized carbons (Fsp3) is 0.174. The number of benzene rings is 1. The second kappa shape index (κ2) is 11.6. The van der Waals surface area contributed by atoms with Crippen LogP contribution >= 0.6 is 46.0 Å². The van der Waals surface area contributed by atoms with Crippen LogP contribution in [0.3, 0.4) is 0 Å². The monoisotopic (exact) mass is 540 g/mol. The SMILES string of the molecule is N#Cc1c(NC[C@H](O)CO)nc(SCc2csc(-c3ccc(Cl)cc3)n2)c(C#N)c1-c1nccs1. The highest BCUT2D eigenvalue weighted by atomic mass is 35.5. The van der Waals surface area contributed by atoms with Gasteiger partial charge in [-0.15, -0.1) is 22.7 Å².